The molecular formula is C28H26Cl2N2O8. The molecule has 2 amide bonds. The second-order valence-electron chi connectivity index (χ2n) is 7.99. The average Bonchev–Trinajstić information content (AvgIpc) is 2.93. The van der Waals surface area contributed by atoms with Crippen LogP contribution in [0.5, 0.6) is 23.0 Å². The Morgan fingerprint density at radius 3 is 1.25 bits per heavy atom. The molecule has 0 aliphatic carbocycles. The van der Waals surface area contributed by atoms with E-state index in [-0.39, 0.29) is 44.1 Å². The minimum Gasteiger partial charge on any atom is -0.507 e. The highest BCUT2D eigenvalue weighted by Crippen LogP contribution is 2.37. The van der Waals surface area contributed by atoms with E-state index >= 15 is 0 Å². The Bertz CT molecular complexity index is 1360. The summed E-state index contributed by atoms with van der Waals surface area (Å²) in [5.74, 6) is -0.605. The number of benzene rings is 3. The van der Waals surface area contributed by atoms with Gasteiger partial charge >= 0.3 is 0 Å². The van der Waals surface area contributed by atoms with Gasteiger partial charge in [-0.05, 0) is 12.1 Å². The number of halogens is 2. The van der Waals surface area contributed by atoms with Gasteiger partial charge in [-0.15, -0.1) is 0 Å². The lowest BCUT2D eigenvalue weighted by molar-refractivity contribution is -0.112. The summed E-state index contributed by atoms with van der Waals surface area (Å²) in [7, 11) is 5.75. The largest absolute Gasteiger partial charge is 0.507 e. The zero-order valence-electron chi connectivity index (χ0n) is 21.9. The molecule has 10 nitrogen and oxygen atoms in total. The Kier molecular flexibility index (Phi) is 10.1. The number of amides is 2. The standard InChI is InChI=1S/C28H26Cl2N2O8/c1-37-23-13-25(39-3)19(9-17(23)29)31-27(35)11-21(33)15-5-7-16(8-6-15)22(34)12-28(36)32-20-10-18(30)24(38-2)14-26(20)40-4/h5-14,33-34H,1-4H3,(H,31,35)(H,32,36). The van der Waals surface area contributed by atoms with E-state index in [0.29, 0.717) is 23.0 Å². The minimum atomic E-state index is -0.644. The first kappa shape index (κ1) is 30.0. The van der Waals surface area contributed by atoms with Crippen molar-refractivity contribution < 1.29 is 38.7 Å². The molecule has 3 rings (SSSR count). The van der Waals surface area contributed by atoms with Crippen LogP contribution in [-0.4, -0.2) is 50.5 Å². The molecule has 0 heterocycles. The van der Waals surface area contributed by atoms with Gasteiger partial charge in [0.1, 0.15) is 34.5 Å². The van der Waals surface area contributed by atoms with Crippen molar-refractivity contribution in [2.24, 2.45) is 0 Å². The fourth-order valence-electron chi connectivity index (χ4n) is 3.48. The normalized spacial score (nSPS) is 11.4. The number of hydrogen-bond donors (Lipinski definition) is 4. The number of anilines is 2. The summed E-state index contributed by atoms with van der Waals surface area (Å²) in [6.45, 7) is 0. The zero-order chi connectivity index (χ0) is 29.4. The van der Waals surface area contributed by atoms with Crippen molar-refractivity contribution in [3.05, 3.63) is 81.9 Å². The summed E-state index contributed by atoms with van der Waals surface area (Å²) < 4.78 is 20.8. The van der Waals surface area contributed by atoms with Crippen molar-refractivity contribution in [1.82, 2.24) is 0 Å². The maximum Gasteiger partial charge on any atom is 0.252 e. The SMILES string of the molecule is COc1cc(OC)c(NC(=O)C=C(O)c2ccc(C(O)=CC(=O)Nc3cc(Cl)c(OC)cc3OC)cc2)cc1Cl. The monoisotopic (exact) mass is 588 g/mol. The van der Waals surface area contributed by atoms with E-state index < -0.39 is 11.8 Å². The highest BCUT2D eigenvalue weighted by molar-refractivity contribution is 6.33. The van der Waals surface area contributed by atoms with Gasteiger partial charge in [0, 0.05) is 35.4 Å². The number of ether oxygens (including phenoxy) is 4. The predicted octanol–water partition coefficient (Wildman–Crippen LogP) is 6.10. The molecule has 3 aromatic carbocycles. The van der Waals surface area contributed by atoms with Gasteiger partial charge < -0.3 is 39.8 Å². The summed E-state index contributed by atoms with van der Waals surface area (Å²) >= 11 is 12.2. The second kappa shape index (κ2) is 13.5. The van der Waals surface area contributed by atoms with Crippen molar-refractivity contribution in [3.63, 3.8) is 0 Å². The molecule has 0 aliphatic rings. The molecule has 4 N–H and O–H groups in total. The van der Waals surface area contributed by atoms with Crippen LogP contribution in [0.25, 0.3) is 11.5 Å². The van der Waals surface area contributed by atoms with Crippen LogP contribution in [0.15, 0.2) is 60.7 Å². The third kappa shape index (κ3) is 7.31. The highest BCUT2D eigenvalue weighted by Gasteiger charge is 2.14. The summed E-state index contributed by atoms with van der Waals surface area (Å²) in [4.78, 5) is 25.0. The van der Waals surface area contributed by atoms with Crippen LogP contribution in [0.4, 0.5) is 11.4 Å². The van der Waals surface area contributed by atoms with Crippen molar-refractivity contribution in [1.29, 1.82) is 0 Å². The third-order valence-electron chi connectivity index (χ3n) is 5.48. The van der Waals surface area contributed by atoms with E-state index in [4.69, 9.17) is 42.1 Å². The predicted molar refractivity (Wildman–Crippen MR) is 154 cm³/mol. The Morgan fingerprint density at radius 2 is 0.950 bits per heavy atom. The number of carbonyl (C=O) groups is 2. The van der Waals surface area contributed by atoms with E-state index in [1.807, 2.05) is 0 Å². The molecule has 0 atom stereocenters. The molecule has 40 heavy (non-hydrogen) atoms. The van der Waals surface area contributed by atoms with Gasteiger partial charge in [-0.1, -0.05) is 47.5 Å². The van der Waals surface area contributed by atoms with Crippen LogP contribution >= 0.6 is 23.2 Å². The molecule has 0 fully saturated rings. The number of aliphatic hydroxyl groups excluding tert-OH is 2. The average molecular weight is 589 g/mol. The van der Waals surface area contributed by atoms with Crippen molar-refractivity contribution in [3.8, 4) is 23.0 Å². The number of aliphatic hydroxyl groups is 2. The Labute approximate surface area is 240 Å². The molecule has 210 valence electrons. The van der Waals surface area contributed by atoms with E-state index in [2.05, 4.69) is 10.6 Å². The second-order valence-corrected chi connectivity index (χ2v) is 8.80. The van der Waals surface area contributed by atoms with E-state index in [9.17, 15) is 19.8 Å². The fraction of sp³-hybridized carbons (Fsp3) is 0.143. The topological polar surface area (TPSA) is 136 Å². The summed E-state index contributed by atoms with van der Waals surface area (Å²) in [6.07, 6.45) is 1.95. The Hall–Kier alpha value is -4.54. The maximum absolute atomic E-state index is 12.5. The molecule has 0 saturated heterocycles. The quantitative estimate of drug-likeness (QED) is 0.165. The van der Waals surface area contributed by atoms with Crippen molar-refractivity contribution >= 4 is 57.9 Å². The van der Waals surface area contributed by atoms with Crippen molar-refractivity contribution in [2.45, 2.75) is 0 Å². The first-order chi connectivity index (χ1) is 19.1. The van der Waals surface area contributed by atoms with Crippen LogP contribution < -0.4 is 29.6 Å². The number of nitrogens with one attached hydrogen (secondary N) is 2. The van der Waals surface area contributed by atoms with Gasteiger partial charge in [0.2, 0.25) is 0 Å². The molecule has 0 saturated carbocycles. The van der Waals surface area contributed by atoms with Crippen LogP contribution in [0.2, 0.25) is 10.0 Å². The number of hydrogen-bond acceptors (Lipinski definition) is 8. The number of methoxy groups -OCH3 is 4. The lowest BCUT2D eigenvalue weighted by Crippen LogP contribution is -2.10. The molecular weight excluding hydrogens is 563 g/mol. The van der Waals surface area contributed by atoms with Crippen LogP contribution in [0.1, 0.15) is 11.1 Å². The zero-order valence-corrected chi connectivity index (χ0v) is 23.4. The van der Waals surface area contributed by atoms with E-state index in [1.165, 1.54) is 77.0 Å². The third-order valence-corrected chi connectivity index (χ3v) is 6.07. The highest BCUT2D eigenvalue weighted by atomic mass is 35.5. The van der Waals surface area contributed by atoms with Crippen molar-refractivity contribution in [2.75, 3.05) is 39.1 Å². The van der Waals surface area contributed by atoms with Gasteiger partial charge in [0.25, 0.3) is 11.8 Å². The molecule has 3 aromatic rings. The lowest BCUT2D eigenvalue weighted by Gasteiger charge is -2.12. The number of carbonyl (C=O) groups excluding carboxylic acids is 2. The molecule has 0 aromatic heterocycles. The molecule has 12 heteroatoms. The molecule has 0 bridgehead atoms. The molecule has 0 spiro atoms. The molecule has 0 aliphatic heterocycles. The summed E-state index contributed by atoms with van der Waals surface area (Å²) in [5.41, 5.74) is 1.13. The molecule has 0 radical (unpaired) electrons. The van der Waals surface area contributed by atoms with Crippen LogP contribution in [0, 0.1) is 0 Å². The van der Waals surface area contributed by atoms with E-state index in [0.717, 1.165) is 12.2 Å². The lowest BCUT2D eigenvalue weighted by atomic mass is 10.1. The first-order valence-electron chi connectivity index (χ1n) is 11.5. The minimum absolute atomic E-state index is 0.260. The van der Waals surface area contributed by atoms with Gasteiger partial charge in [0.05, 0.1) is 49.9 Å². The van der Waals surface area contributed by atoms with E-state index in [1.54, 1.807) is 0 Å². The fourth-order valence-corrected chi connectivity index (χ4v) is 3.96. The van der Waals surface area contributed by atoms with Gasteiger partial charge in [-0.2, -0.15) is 0 Å². The van der Waals surface area contributed by atoms with Gasteiger partial charge in [-0.3, -0.25) is 9.59 Å². The smallest absolute Gasteiger partial charge is 0.252 e. The summed E-state index contributed by atoms with van der Waals surface area (Å²) in [5, 5.41) is 26.6. The molecule has 0 unspecified atom stereocenters. The summed E-state index contributed by atoms with van der Waals surface area (Å²) in [6, 6.07) is 11.8. The Morgan fingerprint density at radius 1 is 0.625 bits per heavy atom. The first-order valence-corrected chi connectivity index (χ1v) is 12.2. The maximum atomic E-state index is 12.5. The Balaban J connectivity index is 1.71. The van der Waals surface area contributed by atoms with Crippen LogP contribution in [-0.2, 0) is 9.59 Å². The number of rotatable bonds is 10. The van der Waals surface area contributed by atoms with Crippen LogP contribution in [0.3, 0.4) is 0 Å². The van der Waals surface area contributed by atoms with Gasteiger partial charge in [0.15, 0.2) is 0 Å². The van der Waals surface area contributed by atoms with Gasteiger partial charge in [-0.25, -0.2) is 0 Å².